The molecule has 2 aromatic rings. The molecule has 5 nitrogen and oxygen atoms in total. The number of carboxylic acid groups (broad SMARTS) is 1. The number of aliphatic carboxylic acids is 1. The fourth-order valence-electron chi connectivity index (χ4n) is 2.34. The zero-order chi connectivity index (χ0) is 18.4. The van der Waals surface area contributed by atoms with Crippen LogP contribution in [0, 0.1) is 11.2 Å². The summed E-state index contributed by atoms with van der Waals surface area (Å²) in [4.78, 5) is 23.7. The van der Waals surface area contributed by atoms with Crippen LogP contribution >= 0.6 is 0 Å². The number of hydrogen-bond donors (Lipinski definition) is 2. The number of alkyl carbamates (subject to hydrolysis) is 1. The molecule has 1 atom stereocenters. The first-order valence-electron chi connectivity index (χ1n) is 7.77. The van der Waals surface area contributed by atoms with Crippen LogP contribution in [0.1, 0.15) is 31.0 Å². The summed E-state index contributed by atoms with van der Waals surface area (Å²) in [6.07, 6.45) is -0.743. The van der Waals surface area contributed by atoms with Gasteiger partial charge in [0.05, 0.1) is 11.5 Å². The van der Waals surface area contributed by atoms with Crippen LogP contribution in [0.25, 0.3) is 0 Å². The van der Waals surface area contributed by atoms with Crippen molar-refractivity contribution in [2.75, 3.05) is 0 Å². The summed E-state index contributed by atoms with van der Waals surface area (Å²) in [5.74, 6) is -1.53. The molecule has 0 heterocycles. The molecule has 0 saturated heterocycles. The van der Waals surface area contributed by atoms with Crippen LogP contribution in [0.5, 0.6) is 0 Å². The highest BCUT2D eigenvalue weighted by atomic mass is 19.1. The number of amides is 1. The molecule has 2 N–H and O–H groups in total. The molecule has 0 saturated carbocycles. The van der Waals surface area contributed by atoms with Crippen LogP contribution in [0.3, 0.4) is 0 Å². The van der Waals surface area contributed by atoms with Gasteiger partial charge in [-0.25, -0.2) is 9.18 Å². The first-order valence-corrected chi connectivity index (χ1v) is 7.77. The van der Waals surface area contributed by atoms with Gasteiger partial charge < -0.3 is 15.2 Å². The lowest BCUT2D eigenvalue weighted by Crippen LogP contribution is -2.42. The van der Waals surface area contributed by atoms with Crippen molar-refractivity contribution >= 4 is 12.1 Å². The van der Waals surface area contributed by atoms with Crippen molar-refractivity contribution in [3.8, 4) is 0 Å². The van der Waals surface area contributed by atoms with E-state index in [-0.39, 0.29) is 6.61 Å². The van der Waals surface area contributed by atoms with Crippen molar-refractivity contribution < 1.29 is 23.8 Å². The number of carbonyl (C=O) groups is 2. The van der Waals surface area contributed by atoms with Crippen LogP contribution in [0.2, 0.25) is 0 Å². The largest absolute Gasteiger partial charge is 0.481 e. The molecule has 2 aromatic carbocycles. The number of carbonyl (C=O) groups excluding carboxylic acids is 1. The van der Waals surface area contributed by atoms with Crippen molar-refractivity contribution in [1.29, 1.82) is 0 Å². The zero-order valence-electron chi connectivity index (χ0n) is 14.0. The minimum atomic E-state index is -1.32. The second-order valence-corrected chi connectivity index (χ2v) is 6.22. The molecule has 0 radical (unpaired) electrons. The molecule has 132 valence electrons. The molecule has 0 spiro atoms. The number of hydrogen-bond acceptors (Lipinski definition) is 3. The fourth-order valence-corrected chi connectivity index (χ4v) is 2.34. The van der Waals surface area contributed by atoms with Crippen molar-refractivity contribution in [3.63, 3.8) is 0 Å². The Labute approximate surface area is 145 Å². The maximum absolute atomic E-state index is 13.1. The highest BCUT2D eigenvalue weighted by molar-refractivity contribution is 5.77. The molecule has 0 unspecified atom stereocenters. The molecule has 1 amide bonds. The monoisotopic (exact) mass is 345 g/mol. The van der Waals surface area contributed by atoms with E-state index >= 15 is 0 Å². The van der Waals surface area contributed by atoms with E-state index in [0.717, 1.165) is 5.56 Å². The van der Waals surface area contributed by atoms with Gasteiger partial charge in [0.25, 0.3) is 0 Å². The third kappa shape index (κ3) is 4.79. The Kier molecular flexibility index (Phi) is 5.75. The van der Waals surface area contributed by atoms with Crippen LogP contribution in [-0.2, 0) is 16.1 Å². The van der Waals surface area contributed by atoms with Gasteiger partial charge in [0.1, 0.15) is 12.4 Å². The van der Waals surface area contributed by atoms with Gasteiger partial charge in [0.2, 0.25) is 0 Å². The SMILES string of the molecule is CC(C)(C(=O)O)[C@@H](NC(=O)OCc1ccccc1)c1ccc(F)cc1. The Balaban J connectivity index is 2.14. The van der Waals surface area contributed by atoms with E-state index in [4.69, 9.17) is 4.74 Å². The van der Waals surface area contributed by atoms with Crippen molar-refractivity contribution in [2.24, 2.45) is 5.41 Å². The van der Waals surface area contributed by atoms with Gasteiger partial charge in [0.15, 0.2) is 0 Å². The summed E-state index contributed by atoms with van der Waals surface area (Å²) in [6.45, 7) is 3.04. The Morgan fingerprint density at radius 3 is 2.28 bits per heavy atom. The van der Waals surface area contributed by atoms with Gasteiger partial charge in [-0.1, -0.05) is 42.5 Å². The van der Waals surface area contributed by atoms with E-state index in [9.17, 15) is 19.1 Å². The van der Waals surface area contributed by atoms with Crippen molar-refractivity contribution in [2.45, 2.75) is 26.5 Å². The number of nitrogens with one attached hydrogen (secondary N) is 1. The lowest BCUT2D eigenvalue weighted by Gasteiger charge is -2.31. The van der Waals surface area contributed by atoms with Crippen molar-refractivity contribution in [3.05, 3.63) is 71.5 Å². The summed E-state index contributed by atoms with van der Waals surface area (Å²) in [5, 5.41) is 12.1. The lowest BCUT2D eigenvalue weighted by molar-refractivity contribution is -0.148. The minimum Gasteiger partial charge on any atom is -0.481 e. The normalized spacial score (nSPS) is 12.3. The summed E-state index contributed by atoms with van der Waals surface area (Å²) in [7, 11) is 0. The molecule has 0 aromatic heterocycles. The Morgan fingerprint density at radius 2 is 1.72 bits per heavy atom. The summed E-state index contributed by atoms with van der Waals surface area (Å²) in [6, 6.07) is 13.6. The first-order chi connectivity index (χ1) is 11.8. The second kappa shape index (κ2) is 7.79. The van der Waals surface area contributed by atoms with E-state index < -0.39 is 29.3 Å². The number of carboxylic acids is 1. The topological polar surface area (TPSA) is 75.6 Å². The molecule has 25 heavy (non-hydrogen) atoms. The second-order valence-electron chi connectivity index (χ2n) is 6.22. The van der Waals surface area contributed by atoms with Gasteiger partial charge >= 0.3 is 12.1 Å². The predicted molar refractivity (Wildman–Crippen MR) is 90.3 cm³/mol. The average Bonchev–Trinajstić information content (AvgIpc) is 2.59. The van der Waals surface area contributed by atoms with Crippen LogP contribution < -0.4 is 5.32 Å². The van der Waals surface area contributed by atoms with E-state index in [1.54, 1.807) is 0 Å². The number of halogens is 1. The molecule has 0 aliphatic carbocycles. The molecular formula is C19H20FNO4. The Hall–Kier alpha value is -2.89. The molecular weight excluding hydrogens is 325 g/mol. The molecule has 2 rings (SSSR count). The smallest absolute Gasteiger partial charge is 0.407 e. The van der Waals surface area contributed by atoms with Crippen LogP contribution in [0.4, 0.5) is 9.18 Å². The van der Waals surface area contributed by atoms with Crippen molar-refractivity contribution in [1.82, 2.24) is 5.32 Å². The van der Waals surface area contributed by atoms with Crippen LogP contribution in [0.15, 0.2) is 54.6 Å². The van der Waals surface area contributed by atoms with Crippen LogP contribution in [-0.4, -0.2) is 17.2 Å². The standard InChI is InChI=1S/C19H20FNO4/c1-19(2,17(22)23)16(14-8-10-15(20)11-9-14)21-18(24)25-12-13-6-4-3-5-7-13/h3-11,16H,12H2,1-2H3,(H,21,24)(H,22,23)/t16-/m0/s1. The summed E-state index contributed by atoms with van der Waals surface area (Å²) >= 11 is 0. The average molecular weight is 345 g/mol. The number of ether oxygens (including phenoxy) is 1. The molecule has 0 bridgehead atoms. The van der Waals surface area contributed by atoms with Gasteiger partial charge in [-0.05, 0) is 37.1 Å². The highest BCUT2D eigenvalue weighted by Crippen LogP contribution is 2.34. The van der Waals surface area contributed by atoms with E-state index in [1.807, 2.05) is 30.3 Å². The lowest BCUT2D eigenvalue weighted by atomic mass is 9.80. The van der Waals surface area contributed by atoms with E-state index in [0.29, 0.717) is 5.56 Å². The number of benzene rings is 2. The maximum atomic E-state index is 13.1. The highest BCUT2D eigenvalue weighted by Gasteiger charge is 2.39. The first kappa shape index (κ1) is 18.4. The molecule has 0 fully saturated rings. The zero-order valence-corrected chi connectivity index (χ0v) is 14.0. The predicted octanol–water partition coefficient (Wildman–Crippen LogP) is 3.90. The Morgan fingerprint density at radius 1 is 1.12 bits per heavy atom. The molecule has 0 aliphatic heterocycles. The van der Waals surface area contributed by atoms with Gasteiger partial charge in [0, 0.05) is 0 Å². The number of rotatable bonds is 6. The summed E-state index contributed by atoms with van der Waals surface area (Å²) < 4.78 is 18.3. The minimum absolute atomic E-state index is 0.0658. The Bertz CT molecular complexity index is 729. The van der Waals surface area contributed by atoms with Gasteiger partial charge in [-0.2, -0.15) is 0 Å². The maximum Gasteiger partial charge on any atom is 0.407 e. The van der Waals surface area contributed by atoms with Gasteiger partial charge in [-0.3, -0.25) is 4.79 Å². The molecule has 0 aliphatic rings. The third-order valence-corrected chi connectivity index (χ3v) is 3.95. The fraction of sp³-hybridized carbons (Fsp3) is 0.263. The third-order valence-electron chi connectivity index (χ3n) is 3.95. The molecule has 6 heteroatoms. The van der Waals surface area contributed by atoms with E-state index in [2.05, 4.69) is 5.32 Å². The quantitative estimate of drug-likeness (QED) is 0.832. The van der Waals surface area contributed by atoms with E-state index in [1.165, 1.54) is 38.1 Å². The summed E-state index contributed by atoms with van der Waals surface area (Å²) in [5.41, 5.74) is -0.0252. The van der Waals surface area contributed by atoms with Gasteiger partial charge in [-0.15, -0.1) is 0 Å².